The molecule has 2 aliphatic heterocycles. The molecule has 0 radical (unpaired) electrons. The van der Waals surface area contributed by atoms with Crippen LogP contribution in [0.15, 0.2) is 88.7 Å². The fourth-order valence-electron chi connectivity index (χ4n) is 8.44. The minimum atomic E-state index is -4.06. The minimum absolute atomic E-state index is 0.0447. The lowest BCUT2D eigenvalue weighted by molar-refractivity contribution is -0.384. The molecule has 2 aliphatic rings. The van der Waals surface area contributed by atoms with Crippen LogP contribution in [0.3, 0.4) is 0 Å². The van der Waals surface area contributed by atoms with Gasteiger partial charge in [-0.05, 0) is 104 Å². The minimum Gasteiger partial charge on any atom is -0.443 e. The molecule has 2 saturated heterocycles. The number of aliphatic hydroxyl groups excluding tert-OH is 1. The lowest BCUT2D eigenvalue weighted by atomic mass is 9.87. The van der Waals surface area contributed by atoms with Crippen LogP contribution in [0.1, 0.15) is 92.1 Å². The van der Waals surface area contributed by atoms with E-state index in [-0.39, 0.29) is 65.1 Å². The van der Waals surface area contributed by atoms with Crippen molar-refractivity contribution in [2.24, 2.45) is 28.4 Å². The zero-order valence-electron chi connectivity index (χ0n) is 40.9. The first kappa shape index (κ1) is 56.9. The number of rotatable bonds is 25. The molecule has 5 atom stereocenters. The largest absolute Gasteiger partial charge is 0.443 e. The van der Waals surface area contributed by atoms with Crippen LogP contribution in [0.25, 0.3) is 0 Å². The van der Waals surface area contributed by atoms with Crippen LogP contribution in [0.2, 0.25) is 0 Å². The average molecular weight is 1000 g/mol. The van der Waals surface area contributed by atoms with Gasteiger partial charge in [-0.25, -0.2) is 21.6 Å². The second-order valence-electron chi connectivity index (χ2n) is 19.9. The lowest BCUT2D eigenvalue weighted by Gasteiger charge is -2.35. The topological polar surface area (TPSA) is 271 Å². The van der Waals surface area contributed by atoms with E-state index in [1.807, 2.05) is 58.0 Å². The molecule has 3 aromatic rings. The van der Waals surface area contributed by atoms with E-state index in [9.17, 15) is 36.9 Å². The number of ether oxygens (including phenoxy) is 3. The van der Waals surface area contributed by atoms with Crippen molar-refractivity contribution in [1.82, 2.24) is 13.9 Å². The van der Waals surface area contributed by atoms with Crippen LogP contribution in [0.4, 0.5) is 16.2 Å². The third-order valence-corrected chi connectivity index (χ3v) is 15.8. The number of anilines is 1. The molecule has 20 heteroatoms. The van der Waals surface area contributed by atoms with Crippen molar-refractivity contribution in [2.45, 2.75) is 127 Å². The molecule has 0 saturated carbocycles. The number of non-ortho nitro benzene ring substituents is 1. The van der Waals surface area contributed by atoms with E-state index in [0.29, 0.717) is 51.2 Å². The molecule has 2 heterocycles. The predicted octanol–water partition coefficient (Wildman–Crippen LogP) is 6.84. The van der Waals surface area contributed by atoms with E-state index in [0.717, 1.165) is 31.2 Å². The number of nitriles is 1. The van der Waals surface area contributed by atoms with Crippen molar-refractivity contribution in [3.63, 3.8) is 0 Å². The molecule has 0 unspecified atom stereocenters. The first-order valence-electron chi connectivity index (χ1n) is 23.6. The number of benzene rings is 3. The number of fused-ring (bicyclic) bond motifs is 1. The normalized spacial score (nSPS) is 18.3. The molecule has 18 nitrogen and oxygen atoms in total. The van der Waals surface area contributed by atoms with Crippen LogP contribution in [-0.2, 0) is 40.7 Å². The molecule has 69 heavy (non-hydrogen) atoms. The Labute approximate surface area is 408 Å². The average Bonchev–Trinajstić information content (AvgIpc) is 3.91. The van der Waals surface area contributed by atoms with Gasteiger partial charge in [0.25, 0.3) is 5.69 Å². The molecule has 2 fully saturated rings. The summed E-state index contributed by atoms with van der Waals surface area (Å²) in [5, 5.41) is 34.2. The van der Waals surface area contributed by atoms with Gasteiger partial charge in [-0.3, -0.25) is 10.1 Å². The molecule has 6 N–H and O–H groups in total. The summed E-state index contributed by atoms with van der Waals surface area (Å²) >= 11 is 0. The third-order valence-electron chi connectivity index (χ3n) is 12.1. The van der Waals surface area contributed by atoms with Crippen molar-refractivity contribution in [3.05, 3.63) is 94.5 Å². The number of hydrogen-bond acceptors (Lipinski definition) is 14. The number of nitrogens with one attached hydrogen (secondary N) is 1. The second-order valence-corrected chi connectivity index (χ2v) is 23.7. The van der Waals surface area contributed by atoms with Crippen LogP contribution < -0.4 is 16.8 Å². The summed E-state index contributed by atoms with van der Waals surface area (Å²) in [6.45, 7) is 13.9. The van der Waals surface area contributed by atoms with Crippen molar-refractivity contribution < 1.29 is 45.9 Å². The highest BCUT2D eigenvalue weighted by Gasteiger charge is 2.44. The van der Waals surface area contributed by atoms with E-state index >= 15 is 0 Å². The van der Waals surface area contributed by atoms with Gasteiger partial charge in [0.1, 0.15) is 6.10 Å². The SMILES string of the molecule is CC(C)(CCCC#N)CN(C[C@@H](O)[C@H](Cc1ccccc1)NC(=O)O[C@@H]1CO[C@@H]2OCC[C@@H]21)S(=O)(=O)c1ccc(N)cc1.CC(C)CN(CC(C)(C)CCCCN)S(=O)(=O)c1ccc([N+](=O)[O-])cc1. The van der Waals surface area contributed by atoms with Gasteiger partial charge in [0.05, 0.1) is 52.1 Å². The maximum atomic E-state index is 13.9. The molecular formula is C49H73N7O11S2. The Morgan fingerprint density at radius 2 is 1.46 bits per heavy atom. The number of sulfonamides is 2. The number of carbonyl (C=O) groups excluding carboxylic acids is 1. The van der Waals surface area contributed by atoms with Gasteiger partial charge in [0, 0.05) is 50.4 Å². The van der Waals surface area contributed by atoms with E-state index in [1.54, 1.807) is 0 Å². The number of aliphatic hydroxyl groups is 1. The summed E-state index contributed by atoms with van der Waals surface area (Å²) in [5.74, 6) is 0.120. The summed E-state index contributed by atoms with van der Waals surface area (Å²) < 4.78 is 73.6. The highest BCUT2D eigenvalue weighted by atomic mass is 32.2. The van der Waals surface area contributed by atoms with Crippen LogP contribution >= 0.6 is 0 Å². The van der Waals surface area contributed by atoms with Gasteiger partial charge in [0.2, 0.25) is 20.0 Å². The van der Waals surface area contributed by atoms with E-state index in [4.69, 9.17) is 30.9 Å². The molecule has 3 aromatic carbocycles. The van der Waals surface area contributed by atoms with Gasteiger partial charge < -0.3 is 36.1 Å². The zero-order chi connectivity index (χ0) is 51.0. The molecule has 0 aliphatic carbocycles. The number of nitrogen functional groups attached to an aromatic ring is 1. The molecule has 382 valence electrons. The molecule has 0 bridgehead atoms. The quantitative estimate of drug-likeness (QED) is 0.0293. The number of nitrogens with two attached hydrogens (primary N) is 2. The van der Waals surface area contributed by atoms with E-state index in [2.05, 4.69) is 25.2 Å². The molecule has 5 rings (SSSR count). The van der Waals surface area contributed by atoms with Crippen LogP contribution in [-0.4, -0.2) is 112 Å². The Balaban J connectivity index is 0.000000342. The standard InChI is InChI=1S/C31H42N4O7S.C18H31N3O4S/c1-31(2,15-6-7-16-32)21-35(43(38,39)24-12-10-23(33)11-13-24)19-27(36)26(18-22-8-4-3-5-9-22)34-30(37)42-28-20-41-29-25(28)14-17-40-29;1-15(2)13-20(14-18(3,4)11-5-6-12-19)26(24,25)17-9-7-16(8-10-17)21(22)23/h3-5,8-13,25-29,36H,6-7,14-15,17-21,33H2,1-2H3,(H,34,37);7-10,15H,5-6,11-14,19H2,1-4H3/t25-,26+,27-,28-,29+;/m1./s1. The number of nitrogens with zero attached hydrogens (tertiary/aromatic N) is 4. The van der Waals surface area contributed by atoms with Crippen molar-refractivity contribution in [2.75, 3.05) is 51.7 Å². The molecule has 0 aromatic heterocycles. The maximum absolute atomic E-state index is 13.9. The summed E-state index contributed by atoms with van der Waals surface area (Å²) in [7, 11) is -7.78. The van der Waals surface area contributed by atoms with Gasteiger partial charge in [-0.1, -0.05) is 78.3 Å². The van der Waals surface area contributed by atoms with Crippen molar-refractivity contribution in [1.29, 1.82) is 5.26 Å². The van der Waals surface area contributed by atoms with Crippen molar-refractivity contribution in [3.8, 4) is 6.07 Å². The Bertz CT molecular complexity index is 2350. The van der Waals surface area contributed by atoms with E-state index < -0.39 is 54.7 Å². The van der Waals surface area contributed by atoms with Crippen LogP contribution in [0, 0.1) is 44.1 Å². The Kier molecular flexibility index (Phi) is 21.4. The van der Waals surface area contributed by atoms with Gasteiger partial charge in [0.15, 0.2) is 6.29 Å². The monoisotopic (exact) mass is 999 g/mol. The zero-order valence-corrected chi connectivity index (χ0v) is 42.5. The molecular weight excluding hydrogens is 927 g/mol. The second kappa shape index (κ2) is 25.9. The van der Waals surface area contributed by atoms with Gasteiger partial charge in [-0.15, -0.1) is 0 Å². The van der Waals surface area contributed by atoms with Gasteiger partial charge >= 0.3 is 6.09 Å². The fourth-order valence-corrected chi connectivity index (χ4v) is 11.9. The summed E-state index contributed by atoms with van der Waals surface area (Å²) in [6, 6.07) is 21.6. The maximum Gasteiger partial charge on any atom is 0.407 e. The van der Waals surface area contributed by atoms with E-state index in [1.165, 1.54) is 57.1 Å². The Morgan fingerprint density at radius 1 is 0.899 bits per heavy atom. The van der Waals surface area contributed by atoms with Crippen molar-refractivity contribution >= 4 is 37.5 Å². The fraction of sp³-hybridized carbons (Fsp3) is 0.592. The lowest BCUT2D eigenvalue weighted by Crippen LogP contribution is -2.52. The highest BCUT2D eigenvalue weighted by molar-refractivity contribution is 7.89. The summed E-state index contributed by atoms with van der Waals surface area (Å²) in [4.78, 5) is 23.5. The smallest absolute Gasteiger partial charge is 0.407 e. The Hall–Kier alpha value is -4.72. The molecule has 1 amide bonds. The number of hydrogen-bond donors (Lipinski definition) is 4. The number of nitro benzene ring substituents is 1. The molecule has 0 spiro atoms. The number of amides is 1. The highest BCUT2D eigenvalue weighted by Crippen LogP contribution is 2.34. The number of nitro groups is 1. The number of unbranched alkanes of at least 4 members (excludes halogenated alkanes) is 2. The first-order chi connectivity index (χ1) is 32.5. The third kappa shape index (κ3) is 17.6. The van der Waals surface area contributed by atoms with Crippen LogP contribution in [0.5, 0.6) is 0 Å². The summed E-state index contributed by atoms with van der Waals surface area (Å²) in [5.41, 5.74) is 11.8. The summed E-state index contributed by atoms with van der Waals surface area (Å²) in [6.07, 6.45) is 2.46. The Morgan fingerprint density at radius 3 is 2.01 bits per heavy atom. The van der Waals surface area contributed by atoms with Gasteiger partial charge in [-0.2, -0.15) is 13.9 Å². The first-order valence-corrected chi connectivity index (χ1v) is 26.5. The number of alkyl carbamates (subject to hydrolysis) is 1. The predicted molar refractivity (Wildman–Crippen MR) is 263 cm³/mol. The number of carbonyl (C=O) groups is 1.